The monoisotopic (exact) mass is 449 g/mol. The standard InChI is InChI=1S/C21H22F3N5O3/c1-12(21(22,23)24)9-17(30)15-3-4-16-19(26-15)29(13-6-8-28(16)11-13)20(31)27-18-10-14(32-2)5-7-25-18/h3-5,7,10,12-13H,6,8-9,11H2,1-2H3,(H,25,27,31)/t12-,13-/m0/s1. The first-order valence-corrected chi connectivity index (χ1v) is 10.1. The van der Waals surface area contributed by atoms with Crippen LogP contribution < -0.4 is 19.9 Å². The zero-order valence-electron chi connectivity index (χ0n) is 17.5. The molecular formula is C21H22F3N5O3. The largest absolute Gasteiger partial charge is 0.497 e. The second-order valence-corrected chi connectivity index (χ2v) is 7.88. The molecular weight excluding hydrogens is 427 g/mol. The molecule has 4 rings (SSSR count). The summed E-state index contributed by atoms with van der Waals surface area (Å²) in [5.41, 5.74) is 0.563. The van der Waals surface area contributed by atoms with Gasteiger partial charge >= 0.3 is 12.2 Å². The van der Waals surface area contributed by atoms with Crippen molar-refractivity contribution in [1.29, 1.82) is 0 Å². The number of Topliss-reactive ketones (excluding diaryl/α,β-unsaturated/α-hetero) is 1. The third kappa shape index (κ3) is 4.19. The van der Waals surface area contributed by atoms with Gasteiger partial charge < -0.3 is 9.64 Å². The number of ether oxygens (including phenoxy) is 1. The van der Waals surface area contributed by atoms with Gasteiger partial charge in [-0.3, -0.25) is 15.0 Å². The SMILES string of the molecule is COc1ccnc(NC(=O)N2c3nc(C(=O)C[C@H](C)C(F)(F)F)ccc3N3CC[C@H]2C3)c1. The molecule has 0 radical (unpaired) electrons. The Morgan fingerprint density at radius 2 is 2.09 bits per heavy atom. The summed E-state index contributed by atoms with van der Waals surface area (Å²) in [5.74, 6) is -1.45. The molecule has 32 heavy (non-hydrogen) atoms. The molecule has 2 aliphatic rings. The number of pyridine rings is 2. The van der Waals surface area contributed by atoms with Crippen LogP contribution in [0.1, 0.15) is 30.3 Å². The fourth-order valence-electron chi connectivity index (χ4n) is 3.90. The fraction of sp³-hybridized carbons (Fsp3) is 0.429. The van der Waals surface area contributed by atoms with E-state index in [1.54, 1.807) is 18.2 Å². The Morgan fingerprint density at radius 1 is 1.31 bits per heavy atom. The van der Waals surface area contributed by atoms with E-state index in [0.29, 0.717) is 30.9 Å². The summed E-state index contributed by atoms with van der Waals surface area (Å²) >= 11 is 0. The summed E-state index contributed by atoms with van der Waals surface area (Å²) in [6, 6.07) is 5.60. The maximum Gasteiger partial charge on any atom is 0.391 e. The summed E-state index contributed by atoms with van der Waals surface area (Å²) < 4.78 is 43.8. The number of halogens is 3. The second-order valence-electron chi connectivity index (χ2n) is 7.88. The molecule has 170 valence electrons. The van der Waals surface area contributed by atoms with E-state index in [2.05, 4.69) is 15.3 Å². The van der Waals surface area contributed by atoms with Crippen LogP contribution in [0.25, 0.3) is 0 Å². The van der Waals surface area contributed by atoms with Crippen molar-refractivity contribution < 1.29 is 27.5 Å². The number of alkyl halides is 3. The average molecular weight is 449 g/mol. The number of hydrogen-bond acceptors (Lipinski definition) is 6. The molecule has 2 bridgehead atoms. The van der Waals surface area contributed by atoms with Crippen molar-refractivity contribution >= 4 is 29.1 Å². The van der Waals surface area contributed by atoms with Crippen molar-refractivity contribution in [1.82, 2.24) is 9.97 Å². The van der Waals surface area contributed by atoms with E-state index in [-0.39, 0.29) is 23.4 Å². The van der Waals surface area contributed by atoms with Gasteiger partial charge in [0.25, 0.3) is 0 Å². The number of nitrogens with zero attached hydrogens (tertiary/aromatic N) is 4. The van der Waals surface area contributed by atoms with E-state index in [1.807, 2.05) is 4.90 Å². The van der Waals surface area contributed by atoms with Gasteiger partial charge in [-0.15, -0.1) is 0 Å². The highest BCUT2D eigenvalue weighted by atomic mass is 19.4. The average Bonchev–Trinajstić information content (AvgIpc) is 3.17. The summed E-state index contributed by atoms with van der Waals surface area (Å²) in [5, 5.41) is 2.71. The Bertz CT molecular complexity index is 1050. The van der Waals surface area contributed by atoms with Crippen LogP contribution in [0.15, 0.2) is 30.5 Å². The maximum atomic E-state index is 13.1. The molecule has 2 aliphatic heterocycles. The minimum Gasteiger partial charge on any atom is -0.497 e. The normalized spacial score (nSPS) is 18.2. The molecule has 4 heterocycles. The second kappa shape index (κ2) is 8.29. The summed E-state index contributed by atoms with van der Waals surface area (Å²) in [4.78, 5) is 37.6. The van der Waals surface area contributed by atoms with Gasteiger partial charge in [-0.2, -0.15) is 13.2 Å². The molecule has 0 aromatic carbocycles. The number of aromatic nitrogens is 2. The van der Waals surface area contributed by atoms with Crippen LogP contribution in [0.2, 0.25) is 0 Å². The van der Waals surface area contributed by atoms with E-state index in [9.17, 15) is 22.8 Å². The van der Waals surface area contributed by atoms with Gasteiger partial charge in [0.05, 0.1) is 24.8 Å². The lowest BCUT2D eigenvalue weighted by Crippen LogP contribution is -2.48. The van der Waals surface area contributed by atoms with Crippen molar-refractivity contribution in [3.05, 3.63) is 36.2 Å². The van der Waals surface area contributed by atoms with Crippen LogP contribution in [-0.2, 0) is 0 Å². The summed E-state index contributed by atoms with van der Waals surface area (Å²) in [6.07, 6.45) is -2.98. The zero-order valence-corrected chi connectivity index (χ0v) is 17.5. The van der Waals surface area contributed by atoms with E-state index < -0.39 is 30.3 Å². The zero-order chi connectivity index (χ0) is 23.0. The predicted molar refractivity (Wildman–Crippen MR) is 111 cm³/mol. The van der Waals surface area contributed by atoms with Crippen molar-refractivity contribution in [2.45, 2.75) is 32.0 Å². The van der Waals surface area contributed by atoms with E-state index in [4.69, 9.17) is 4.74 Å². The van der Waals surface area contributed by atoms with Crippen LogP contribution in [0.5, 0.6) is 5.75 Å². The number of anilines is 3. The quantitative estimate of drug-likeness (QED) is 0.697. The number of carbonyl (C=O) groups excluding carboxylic acids is 2. The number of urea groups is 1. The summed E-state index contributed by atoms with van der Waals surface area (Å²) in [6.45, 7) is 2.27. The molecule has 1 saturated heterocycles. The lowest BCUT2D eigenvalue weighted by atomic mass is 10.0. The predicted octanol–water partition coefficient (Wildman–Crippen LogP) is 3.89. The number of carbonyl (C=O) groups is 2. The molecule has 8 nitrogen and oxygen atoms in total. The molecule has 0 saturated carbocycles. The fourth-order valence-corrected chi connectivity index (χ4v) is 3.90. The van der Waals surface area contributed by atoms with Gasteiger partial charge in [-0.05, 0) is 24.6 Å². The van der Waals surface area contributed by atoms with E-state index in [0.717, 1.165) is 6.92 Å². The minimum absolute atomic E-state index is 0.0975. The Kier molecular flexibility index (Phi) is 5.66. The first-order chi connectivity index (χ1) is 15.2. The van der Waals surface area contributed by atoms with Crippen molar-refractivity contribution in [2.24, 2.45) is 5.92 Å². The van der Waals surface area contributed by atoms with E-state index >= 15 is 0 Å². The molecule has 0 unspecified atom stereocenters. The molecule has 2 amide bonds. The lowest BCUT2D eigenvalue weighted by Gasteiger charge is -2.35. The summed E-state index contributed by atoms with van der Waals surface area (Å²) in [7, 11) is 1.50. The molecule has 0 spiro atoms. The van der Waals surface area contributed by atoms with Gasteiger partial charge in [0.15, 0.2) is 11.6 Å². The molecule has 2 aromatic rings. The number of hydrogen-bond donors (Lipinski definition) is 1. The number of ketones is 1. The van der Waals surface area contributed by atoms with Gasteiger partial charge in [0, 0.05) is 31.8 Å². The van der Waals surface area contributed by atoms with Crippen LogP contribution in [0.4, 0.5) is 35.3 Å². The van der Waals surface area contributed by atoms with Gasteiger partial charge in [-0.25, -0.2) is 14.8 Å². The lowest BCUT2D eigenvalue weighted by molar-refractivity contribution is -0.168. The maximum absolute atomic E-state index is 13.1. The number of rotatable bonds is 5. The van der Waals surface area contributed by atoms with Crippen LogP contribution in [0, 0.1) is 5.92 Å². The van der Waals surface area contributed by atoms with Gasteiger partial charge in [0.2, 0.25) is 0 Å². The Morgan fingerprint density at radius 3 is 2.81 bits per heavy atom. The van der Waals surface area contributed by atoms with Crippen LogP contribution >= 0.6 is 0 Å². The molecule has 2 aromatic heterocycles. The topological polar surface area (TPSA) is 87.7 Å². The number of nitrogens with one attached hydrogen (secondary N) is 1. The van der Waals surface area contributed by atoms with Crippen molar-refractivity contribution in [3.8, 4) is 5.75 Å². The first-order valence-electron chi connectivity index (χ1n) is 10.1. The molecule has 2 atom stereocenters. The Labute approximate surface area is 182 Å². The van der Waals surface area contributed by atoms with Crippen LogP contribution in [-0.4, -0.2) is 54.2 Å². The molecule has 0 aliphatic carbocycles. The highest BCUT2D eigenvalue weighted by molar-refractivity contribution is 6.05. The number of amides is 2. The highest BCUT2D eigenvalue weighted by Crippen LogP contribution is 2.39. The number of fused-ring (bicyclic) bond motifs is 4. The Balaban J connectivity index is 1.62. The van der Waals surface area contributed by atoms with Crippen molar-refractivity contribution in [2.75, 3.05) is 35.3 Å². The molecule has 1 N–H and O–H groups in total. The van der Waals surface area contributed by atoms with Crippen LogP contribution in [0.3, 0.4) is 0 Å². The number of methoxy groups -OCH3 is 1. The highest BCUT2D eigenvalue weighted by Gasteiger charge is 2.41. The smallest absolute Gasteiger partial charge is 0.391 e. The molecule has 11 heteroatoms. The third-order valence-electron chi connectivity index (χ3n) is 5.71. The van der Waals surface area contributed by atoms with Gasteiger partial charge in [-0.1, -0.05) is 6.92 Å². The van der Waals surface area contributed by atoms with Gasteiger partial charge in [0.1, 0.15) is 17.3 Å². The minimum atomic E-state index is -4.47. The molecule has 1 fully saturated rings. The third-order valence-corrected chi connectivity index (χ3v) is 5.71. The van der Waals surface area contributed by atoms with Crippen molar-refractivity contribution in [3.63, 3.8) is 0 Å². The Hall–Kier alpha value is -3.37. The first kappa shape index (κ1) is 21.8. The van der Waals surface area contributed by atoms with E-state index in [1.165, 1.54) is 24.3 Å².